The Morgan fingerprint density at radius 2 is 1.61 bits per heavy atom. The standard InChI is InChI=1S/C30H42O11/c1-9-10-22(34)41-26-23-24(40-19(7)33)16(4)13-30(23,37)27(35)28(8,36)25-20(15(2)3)11-12-21(39-18(6)32)29(25,26)14-38-17(5)31/h11-12,16,20-21,23-26,36-37H,2,9-10,13-14H2,1,3-8H3. The first-order valence-corrected chi connectivity index (χ1v) is 14.0. The fourth-order valence-electron chi connectivity index (χ4n) is 7.41. The Kier molecular flexibility index (Phi) is 9.25. The number of allylic oxidation sites excluding steroid dienone is 2. The van der Waals surface area contributed by atoms with Crippen molar-refractivity contribution in [2.75, 3.05) is 6.61 Å². The van der Waals surface area contributed by atoms with Crippen LogP contribution in [0, 0.1) is 29.1 Å². The molecule has 0 aromatic heterocycles. The molecule has 2 saturated carbocycles. The molecule has 0 aromatic rings. The Morgan fingerprint density at radius 3 is 2.12 bits per heavy atom. The van der Waals surface area contributed by atoms with Gasteiger partial charge in [-0.1, -0.05) is 32.1 Å². The zero-order valence-electron chi connectivity index (χ0n) is 24.8. The zero-order valence-corrected chi connectivity index (χ0v) is 24.8. The predicted octanol–water partition coefficient (Wildman–Crippen LogP) is 2.21. The molecule has 3 aliphatic rings. The van der Waals surface area contributed by atoms with Crippen LogP contribution in [0.15, 0.2) is 24.3 Å². The van der Waals surface area contributed by atoms with Gasteiger partial charge in [0, 0.05) is 39.0 Å². The number of carbonyl (C=O) groups is 5. The van der Waals surface area contributed by atoms with E-state index in [9.17, 15) is 34.2 Å². The summed E-state index contributed by atoms with van der Waals surface area (Å²) in [6, 6.07) is 0. The topological polar surface area (TPSA) is 163 Å². The molecule has 0 aromatic carbocycles. The summed E-state index contributed by atoms with van der Waals surface area (Å²) in [5, 5.41) is 24.5. The van der Waals surface area contributed by atoms with Crippen molar-refractivity contribution in [2.24, 2.45) is 29.1 Å². The van der Waals surface area contributed by atoms with Gasteiger partial charge in [0.15, 0.2) is 5.78 Å². The van der Waals surface area contributed by atoms with E-state index in [1.54, 1.807) is 26.8 Å². The summed E-state index contributed by atoms with van der Waals surface area (Å²) in [4.78, 5) is 64.6. The highest BCUT2D eigenvalue weighted by molar-refractivity contribution is 5.96. The first-order valence-electron chi connectivity index (χ1n) is 14.0. The van der Waals surface area contributed by atoms with E-state index in [0.29, 0.717) is 12.0 Å². The van der Waals surface area contributed by atoms with Crippen LogP contribution in [0.2, 0.25) is 0 Å². The Morgan fingerprint density at radius 1 is 1.00 bits per heavy atom. The van der Waals surface area contributed by atoms with E-state index in [4.69, 9.17) is 18.9 Å². The summed E-state index contributed by atoms with van der Waals surface area (Å²) in [5.41, 5.74) is -6.00. The molecule has 10 atom stereocenters. The van der Waals surface area contributed by atoms with Gasteiger partial charge in [0.05, 0.1) is 11.3 Å². The fraction of sp³-hybridized carbons (Fsp3) is 0.700. The lowest BCUT2D eigenvalue weighted by atomic mass is 9.53. The molecule has 0 heterocycles. The largest absolute Gasteiger partial charge is 0.465 e. The van der Waals surface area contributed by atoms with Crippen LogP contribution in [0.4, 0.5) is 0 Å². The second-order valence-corrected chi connectivity index (χ2v) is 12.0. The first kappa shape index (κ1) is 32.5. The third-order valence-electron chi connectivity index (χ3n) is 8.78. The van der Waals surface area contributed by atoms with Crippen LogP contribution in [0.25, 0.3) is 0 Å². The molecule has 2 fully saturated rings. The van der Waals surface area contributed by atoms with Crippen molar-refractivity contribution >= 4 is 29.7 Å². The van der Waals surface area contributed by atoms with Gasteiger partial charge in [-0.05, 0) is 38.7 Å². The van der Waals surface area contributed by atoms with Crippen LogP contribution in [0.5, 0.6) is 0 Å². The monoisotopic (exact) mass is 578 g/mol. The van der Waals surface area contributed by atoms with E-state index >= 15 is 0 Å². The SMILES string of the molecule is C=C(C)C1C=CC(OC(C)=O)C2(COC(C)=O)C(OC(=O)CCC)C3C(OC(C)=O)C(C)CC3(O)C(=O)C(C)(O)C12. The van der Waals surface area contributed by atoms with E-state index in [2.05, 4.69) is 6.58 Å². The van der Waals surface area contributed by atoms with Gasteiger partial charge in [0.25, 0.3) is 0 Å². The number of ether oxygens (including phenoxy) is 4. The maximum atomic E-state index is 14.4. The van der Waals surface area contributed by atoms with Crippen molar-refractivity contribution in [1.29, 1.82) is 0 Å². The zero-order chi connectivity index (χ0) is 31.1. The molecule has 2 N–H and O–H groups in total. The number of rotatable bonds is 8. The van der Waals surface area contributed by atoms with E-state index < -0.39 is 94.9 Å². The molecule has 228 valence electrons. The predicted molar refractivity (Wildman–Crippen MR) is 144 cm³/mol. The summed E-state index contributed by atoms with van der Waals surface area (Å²) in [7, 11) is 0. The van der Waals surface area contributed by atoms with Crippen LogP contribution in [-0.4, -0.2) is 76.0 Å². The Bertz CT molecular complexity index is 1140. The number of hydrogen-bond acceptors (Lipinski definition) is 11. The molecular formula is C30H42O11. The van der Waals surface area contributed by atoms with E-state index in [1.165, 1.54) is 26.8 Å². The van der Waals surface area contributed by atoms with E-state index in [1.807, 2.05) is 0 Å². The summed E-state index contributed by atoms with van der Waals surface area (Å²) < 4.78 is 23.1. The molecule has 0 spiro atoms. The normalized spacial score (nSPS) is 39.5. The number of aliphatic hydroxyl groups is 2. The van der Waals surface area contributed by atoms with E-state index in [-0.39, 0.29) is 12.8 Å². The number of fused-ring (bicyclic) bond motifs is 2. The van der Waals surface area contributed by atoms with Crippen molar-refractivity contribution in [1.82, 2.24) is 0 Å². The molecule has 0 amide bonds. The molecule has 0 bridgehead atoms. The van der Waals surface area contributed by atoms with Gasteiger partial charge in [0.1, 0.15) is 36.1 Å². The molecular weight excluding hydrogens is 536 g/mol. The Labute approximate surface area is 240 Å². The van der Waals surface area contributed by atoms with Gasteiger partial charge in [-0.2, -0.15) is 0 Å². The number of hydrogen-bond donors (Lipinski definition) is 2. The van der Waals surface area contributed by atoms with Crippen molar-refractivity contribution in [3.05, 3.63) is 24.3 Å². The minimum absolute atomic E-state index is 0.0356. The smallest absolute Gasteiger partial charge is 0.306 e. The second kappa shape index (κ2) is 11.7. The number of Topliss-reactive ketones (excluding diaryl/α,β-unsaturated/α-hetero) is 1. The summed E-state index contributed by atoms with van der Waals surface area (Å²) in [6.45, 7) is 13.3. The average Bonchev–Trinajstić information content (AvgIpc) is 3.07. The van der Waals surface area contributed by atoms with Crippen LogP contribution in [0.1, 0.15) is 67.7 Å². The molecule has 41 heavy (non-hydrogen) atoms. The molecule has 11 nitrogen and oxygen atoms in total. The maximum absolute atomic E-state index is 14.4. The minimum atomic E-state index is -2.35. The molecule has 3 rings (SSSR count). The molecule has 3 aliphatic carbocycles. The molecule has 10 unspecified atom stereocenters. The first-order chi connectivity index (χ1) is 18.9. The average molecular weight is 579 g/mol. The Balaban J connectivity index is 2.52. The molecule has 11 heteroatoms. The fourth-order valence-corrected chi connectivity index (χ4v) is 7.41. The van der Waals surface area contributed by atoms with Crippen molar-refractivity contribution in [3.63, 3.8) is 0 Å². The summed E-state index contributed by atoms with van der Waals surface area (Å²) in [6.07, 6.45) is -0.644. The third-order valence-corrected chi connectivity index (χ3v) is 8.78. The number of ketones is 1. The van der Waals surface area contributed by atoms with Crippen LogP contribution < -0.4 is 0 Å². The quantitative estimate of drug-likeness (QED) is 0.247. The van der Waals surface area contributed by atoms with Crippen molar-refractivity contribution in [2.45, 2.75) is 97.2 Å². The second-order valence-electron chi connectivity index (χ2n) is 12.0. The maximum Gasteiger partial charge on any atom is 0.306 e. The van der Waals surface area contributed by atoms with Gasteiger partial charge >= 0.3 is 23.9 Å². The molecule has 0 saturated heterocycles. The van der Waals surface area contributed by atoms with Gasteiger partial charge in [-0.25, -0.2) is 0 Å². The van der Waals surface area contributed by atoms with E-state index in [0.717, 1.165) is 6.92 Å². The Hall–Kier alpha value is -3.05. The summed E-state index contributed by atoms with van der Waals surface area (Å²) >= 11 is 0. The highest BCUT2D eigenvalue weighted by atomic mass is 16.6. The summed E-state index contributed by atoms with van der Waals surface area (Å²) in [5.74, 6) is -7.85. The van der Waals surface area contributed by atoms with Gasteiger partial charge in [-0.15, -0.1) is 0 Å². The van der Waals surface area contributed by atoms with Crippen molar-refractivity contribution < 1.29 is 53.1 Å². The van der Waals surface area contributed by atoms with Gasteiger partial charge < -0.3 is 29.2 Å². The minimum Gasteiger partial charge on any atom is -0.465 e. The van der Waals surface area contributed by atoms with Gasteiger partial charge in [0.2, 0.25) is 0 Å². The van der Waals surface area contributed by atoms with Crippen molar-refractivity contribution in [3.8, 4) is 0 Å². The van der Waals surface area contributed by atoms with Gasteiger partial charge in [-0.3, -0.25) is 24.0 Å². The lowest BCUT2D eigenvalue weighted by Gasteiger charge is -2.55. The highest BCUT2D eigenvalue weighted by Gasteiger charge is 2.76. The van der Waals surface area contributed by atoms with Crippen LogP contribution >= 0.6 is 0 Å². The number of carbonyl (C=O) groups excluding carboxylic acids is 5. The molecule has 0 aliphatic heterocycles. The number of esters is 4. The van der Waals surface area contributed by atoms with Crippen LogP contribution in [-0.2, 0) is 42.9 Å². The third kappa shape index (κ3) is 5.58. The van der Waals surface area contributed by atoms with Crippen LogP contribution in [0.3, 0.4) is 0 Å². The lowest BCUT2D eigenvalue weighted by molar-refractivity contribution is -0.223. The highest BCUT2D eigenvalue weighted by Crippen LogP contribution is 2.62. The lowest BCUT2D eigenvalue weighted by Crippen LogP contribution is -2.66. The molecule has 0 radical (unpaired) electrons.